The first kappa shape index (κ1) is 12.3. The van der Waals surface area contributed by atoms with Crippen molar-refractivity contribution in [3.63, 3.8) is 0 Å². The van der Waals surface area contributed by atoms with Gasteiger partial charge in [-0.15, -0.1) is 11.3 Å². The van der Waals surface area contributed by atoms with Crippen LogP contribution in [0.1, 0.15) is 11.1 Å². The van der Waals surface area contributed by atoms with E-state index in [4.69, 9.17) is 5.73 Å². The zero-order chi connectivity index (χ0) is 13.5. The van der Waals surface area contributed by atoms with Crippen LogP contribution in [0.25, 0.3) is 0 Å². The SMILES string of the molecule is Cn1ccsc1=NC(=O)C1(N)Cc2ccccc2C1. The molecule has 0 unspecified atom stereocenters. The number of carbonyl (C=O) groups excluding carboxylic acids is 1. The fourth-order valence-corrected chi connectivity index (χ4v) is 3.16. The highest BCUT2D eigenvalue weighted by molar-refractivity contribution is 7.07. The van der Waals surface area contributed by atoms with Gasteiger partial charge in [-0.1, -0.05) is 24.3 Å². The second kappa shape index (κ2) is 4.43. The van der Waals surface area contributed by atoms with Crippen LogP contribution in [0.2, 0.25) is 0 Å². The molecular formula is C14H15N3OS. The fourth-order valence-electron chi connectivity index (χ4n) is 2.43. The minimum Gasteiger partial charge on any atom is -0.327 e. The maximum absolute atomic E-state index is 12.4. The minimum atomic E-state index is -0.888. The smallest absolute Gasteiger partial charge is 0.269 e. The molecule has 3 rings (SSSR count). The second-order valence-electron chi connectivity index (χ2n) is 4.99. The van der Waals surface area contributed by atoms with Crippen LogP contribution in [-0.4, -0.2) is 16.0 Å². The van der Waals surface area contributed by atoms with E-state index in [-0.39, 0.29) is 5.91 Å². The first-order valence-electron chi connectivity index (χ1n) is 6.13. The number of thiazole rings is 1. The van der Waals surface area contributed by atoms with Crippen LogP contribution in [0.15, 0.2) is 40.8 Å². The highest BCUT2D eigenvalue weighted by atomic mass is 32.1. The van der Waals surface area contributed by atoms with Crippen LogP contribution < -0.4 is 10.5 Å². The van der Waals surface area contributed by atoms with Gasteiger partial charge in [-0.3, -0.25) is 4.79 Å². The van der Waals surface area contributed by atoms with Gasteiger partial charge in [-0.2, -0.15) is 4.99 Å². The number of amides is 1. The van der Waals surface area contributed by atoms with E-state index in [1.165, 1.54) is 11.3 Å². The molecule has 0 radical (unpaired) electrons. The van der Waals surface area contributed by atoms with Crippen molar-refractivity contribution < 1.29 is 4.79 Å². The molecular weight excluding hydrogens is 258 g/mol. The van der Waals surface area contributed by atoms with Gasteiger partial charge in [0.15, 0.2) is 4.80 Å². The van der Waals surface area contributed by atoms with E-state index in [1.54, 1.807) is 0 Å². The van der Waals surface area contributed by atoms with E-state index in [9.17, 15) is 4.79 Å². The summed E-state index contributed by atoms with van der Waals surface area (Å²) >= 11 is 1.44. The van der Waals surface area contributed by atoms with Crippen molar-refractivity contribution in [2.45, 2.75) is 18.4 Å². The quantitative estimate of drug-likeness (QED) is 0.843. The molecule has 0 atom stereocenters. The van der Waals surface area contributed by atoms with Crippen LogP contribution in [0.3, 0.4) is 0 Å². The fraction of sp³-hybridized carbons (Fsp3) is 0.286. The van der Waals surface area contributed by atoms with E-state index in [1.807, 2.05) is 47.5 Å². The Labute approximate surface area is 115 Å². The summed E-state index contributed by atoms with van der Waals surface area (Å²) in [4.78, 5) is 17.2. The lowest BCUT2D eigenvalue weighted by Gasteiger charge is -2.18. The maximum atomic E-state index is 12.4. The number of benzene rings is 1. The van der Waals surface area contributed by atoms with Gasteiger partial charge >= 0.3 is 0 Å². The van der Waals surface area contributed by atoms with E-state index in [2.05, 4.69) is 4.99 Å². The van der Waals surface area contributed by atoms with Gasteiger partial charge in [-0.05, 0) is 11.1 Å². The van der Waals surface area contributed by atoms with Gasteiger partial charge in [0, 0.05) is 31.5 Å². The van der Waals surface area contributed by atoms with E-state index in [0.717, 1.165) is 11.1 Å². The number of carbonyl (C=O) groups is 1. The molecule has 4 nitrogen and oxygen atoms in total. The first-order chi connectivity index (χ1) is 9.08. The number of nitrogens with zero attached hydrogens (tertiary/aromatic N) is 2. The lowest BCUT2D eigenvalue weighted by Crippen LogP contribution is -2.48. The lowest BCUT2D eigenvalue weighted by atomic mass is 9.96. The largest absolute Gasteiger partial charge is 0.327 e. The van der Waals surface area contributed by atoms with Crippen molar-refractivity contribution in [3.8, 4) is 0 Å². The third-order valence-corrected chi connectivity index (χ3v) is 4.36. The Morgan fingerprint density at radius 1 is 1.37 bits per heavy atom. The number of aromatic nitrogens is 1. The van der Waals surface area contributed by atoms with Crippen molar-refractivity contribution in [2.75, 3.05) is 0 Å². The zero-order valence-corrected chi connectivity index (χ0v) is 11.5. The standard InChI is InChI=1S/C14H15N3OS/c1-17-6-7-19-13(17)16-12(18)14(15)8-10-4-2-3-5-11(10)9-14/h2-7H,8-9,15H2,1H3. The molecule has 5 heteroatoms. The predicted molar refractivity (Wildman–Crippen MR) is 74.6 cm³/mol. The number of hydrogen-bond acceptors (Lipinski definition) is 3. The minimum absolute atomic E-state index is 0.234. The van der Waals surface area contributed by atoms with Crippen LogP contribution >= 0.6 is 11.3 Å². The summed E-state index contributed by atoms with van der Waals surface area (Å²) in [5.41, 5.74) is 7.70. The van der Waals surface area contributed by atoms with Gasteiger partial charge in [0.2, 0.25) is 0 Å². The molecule has 0 spiro atoms. The average molecular weight is 273 g/mol. The monoisotopic (exact) mass is 273 g/mol. The van der Waals surface area contributed by atoms with Crippen molar-refractivity contribution in [1.29, 1.82) is 0 Å². The number of nitrogens with two attached hydrogens (primary N) is 1. The molecule has 0 saturated carbocycles. The summed E-state index contributed by atoms with van der Waals surface area (Å²) in [6.45, 7) is 0. The molecule has 0 bridgehead atoms. The molecule has 1 aromatic heterocycles. The Kier molecular flexibility index (Phi) is 2.88. The normalized spacial score (nSPS) is 17.5. The van der Waals surface area contributed by atoms with Crippen LogP contribution in [-0.2, 0) is 24.7 Å². The van der Waals surface area contributed by atoms with Gasteiger partial charge in [-0.25, -0.2) is 0 Å². The number of fused-ring (bicyclic) bond motifs is 1. The van der Waals surface area contributed by atoms with Crippen LogP contribution in [0.5, 0.6) is 0 Å². The molecule has 19 heavy (non-hydrogen) atoms. The number of rotatable bonds is 1. The highest BCUT2D eigenvalue weighted by Crippen LogP contribution is 2.29. The van der Waals surface area contributed by atoms with Crippen molar-refractivity contribution in [2.24, 2.45) is 17.8 Å². The van der Waals surface area contributed by atoms with Crippen LogP contribution in [0.4, 0.5) is 0 Å². The van der Waals surface area contributed by atoms with E-state index in [0.29, 0.717) is 17.6 Å². The zero-order valence-electron chi connectivity index (χ0n) is 10.7. The molecule has 98 valence electrons. The Balaban J connectivity index is 1.93. The average Bonchev–Trinajstić information content (AvgIpc) is 2.93. The van der Waals surface area contributed by atoms with Crippen molar-refractivity contribution in [3.05, 3.63) is 51.8 Å². The van der Waals surface area contributed by atoms with Gasteiger partial charge in [0.05, 0.1) is 0 Å². The number of hydrogen-bond donors (Lipinski definition) is 1. The Bertz CT molecular complexity index is 673. The molecule has 1 heterocycles. The van der Waals surface area contributed by atoms with Gasteiger partial charge in [0.1, 0.15) is 5.54 Å². The summed E-state index contributed by atoms with van der Waals surface area (Å²) in [5, 5.41) is 1.90. The molecule has 1 aliphatic rings. The second-order valence-corrected chi connectivity index (χ2v) is 5.86. The Morgan fingerprint density at radius 2 is 2.00 bits per heavy atom. The third kappa shape index (κ3) is 2.15. The van der Waals surface area contributed by atoms with Gasteiger partial charge < -0.3 is 10.3 Å². The Morgan fingerprint density at radius 3 is 2.53 bits per heavy atom. The number of aryl methyl sites for hydroxylation is 1. The summed E-state index contributed by atoms with van der Waals surface area (Å²) < 4.78 is 1.83. The highest BCUT2D eigenvalue weighted by Gasteiger charge is 2.40. The van der Waals surface area contributed by atoms with E-state index >= 15 is 0 Å². The lowest BCUT2D eigenvalue weighted by molar-refractivity contribution is -0.122. The summed E-state index contributed by atoms with van der Waals surface area (Å²) in [7, 11) is 1.87. The molecule has 1 aromatic carbocycles. The molecule has 0 saturated heterocycles. The summed E-state index contributed by atoms with van der Waals surface area (Å²) in [6.07, 6.45) is 3.02. The van der Waals surface area contributed by atoms with Crippen LogP contribution in [0, 0.1) is 0 Å². The molecule has 2 aromatic rings. The van der Waals surface area contributed by atoms with Crippen molar-refractivity contribution >= 4 is 17.2 Å². The van der Waals surface area contributed by atoms with E-state index < -0.39 is 5.54 Å². The summed E-state index contributed by atoms with van der Waals surface area (Å²) in [5.74, 6) is -0.234. The van der Waals surface area contributed by atoms with Crippen molar-refractivity contribution in [1.82, 2.24) is 4.57 Å². The molecule has 1 aliphatic carbocycles. The maximum Gasteiger partial charge on any atom is 0.269 e. The molecule has 2 N–H and O–H groups in total. The summed E-state index contributed by atoms with van der Waals surface area (Å²) in [6, 6.07) is 8.02. The molecule has 1 amide bonds. The topological polar surface area (TPSA) is 60.4 Å². The van der Waals surface area contributed by atoms with Gasteiger partial charge in [0.25, 0.3) is 5.91 Å². The molecule has 0 aliphatic heterocycles. The Hall–Kier alpha value is -1.72. The first-order valence-corrected chi connectivity index (χ1v) is 7.01. The third-order valence-electron chi connectivity index (χ3n) is 3.51. The predicted octanol–water partition coefficient (Wildman–Crippen LogP) is 1.01. The molecule has 0 fully saturated rings.